The van der Waals surface area contributed by atoms with E-state index in [2.05, 4.69) is 10.2 Å². The van der Waals surface area contributed by atoms with Crippen molar-refractivity contribution in [3.63, 3.8) is 0 Å². The minimum Gasteiger partial charge on any atom is -0.497 e. The first-order chi connectivity index (χ1) is 10.5. The van der Waals surface area contributed by atoms with Crippen molar-refractivity contribution in [2.45, 2.75) is 6.42 Å². The van der Waals surface area contributed by atoms with Crippen molar-refractivity contribution < 1.29 is 19.4 Å². The third-order valence-electron chi connectivity index (χ3n) is 3.18. The van der Waals surface area contributed by atoms with E-state index >= 15 is 0 Å². The lowest BCUT2D eigenvalue weighted by Gasteiger charge is -2.14. The number of nitrogens with zero attached hydrogens (tertiary/aromatic N) is 2. The average molecular weight is 303 g/mol. The number of carbonyl (C=O) groups is 2. The summed E-state index contributed by atoms with van der Waals surface area (Å²) in [4.78, 5) is 24.0. The zero-order valence-electron chi connectivity index (χ0n) is 12.4. The SMILES string of the molecule is COc1cccc(-c2cc(C(=O)N(C)CCC(=O)O)[nH]n2)c1. The van der Waals surface area contributed by atoms with Gasteiger partial charge in [-0.2, -0.15) is 5.10 Å². The van der Waals surface area contributed by atoms with Gasteiger partial charge in [0.05, 0.1) is 19.2 Å². The summed E-state index contributed by atoms with van der Waals surface area (Å²) >= 11 is 0. The molecule has 2 N–H and O–H groups in total. The minimum absolute atomic E-state index is 0.0981. The number of benzene rings is 1. The number of aliphatic carboxylic acids is 1. The highest BCUT2D eigenvalue weighted by Gasteiger charge is 2.16. The number of nitrogens with one attached hydrogen (secondary N) is 1. The molecule has 2 rings (SSSR count). The Balaban J connectivity index is 2.13. The van der Waals surface area contributed by atoms with Crippen LogP contribution in [0.5, 0.6) is 5.75 Å². The lowest BCUT2D eigenvalue weighted by atomic mass is 10.1. The standard InChI is InChI=1S/C15H17N3O4/c1-18(7-6-14(19)20)15(21)13-9-12(16-17-13)10-4-3-5-11(8-10)22-2/h3-5,8-9H,6-7H2,1-2H3,(H,16,17)(H,19,20). The number of H-pyrrole nitrogens is 1. The maximum atomic E-state index is 12.2. The van der Waals surface area contributed by atoms with Gasteiger partial charge >= 0.3 is 5.97 Å². The predicted octanol–water partition coefficient (Wildman–Crippen LogP) is 1.63. The number of carbonyl (C=O) groups excluding carboxylic acids is 1. The van der Waals surface area contributed by atoms with Gasteiger partial charge in [0.15, 0.2) is 0 Å². The molecule has 1 heterocycles. The van der Waals surface area contributed by atoms with E-state index in [0.29, 0.717) is 17.1 Å². The number of hydrogen-bond donors (Lipinski definition) is 2. The van der Waals surface area contributed by atoms with Crippen LogP contribution in [0.4, 0.5) is 0 Å². The third-order valence-corrected chi connectivity index (χ3v) is 3.18. The number of aromatic amines is 1. The van der Waals surface area contributed by atoms with Gasteiger partial charge in [0.2, 0.25) is 0 Å². The molecule has 7 heteroatoms. The summed E-state index contributed by atoms with van der Waals surface area (Å²) in [7, 11) is 3.13. The number of aromatic nitrogens is 2. The van der Waals surface area contributed by atoms with E-state index in [1.807, 2.05) is 24.3 Å². The average Bonchev–Trinajstić information content (AvgIpc) is 3.01. The van der Waals surface area contributed by atoms with Crippen molar-refractivity contribution in [3.05, 3.63) is 36.0 Å². The Morgan fingerprint density at radius 3 is 2.82 bits per heavy atom. The molecule has 0 unspecified atom stereocenters. The highest BCUT2D eigenvalue weighted by molar-refractivity contribution is 5.93. The van der Waals surface area contributed by atoms with Gasteiger partial charge in [-0.25, -0.2) is 0 Å². The number of ether oxygens (including phenoxy) is 1. The summed E-state index contributed by atoms with van der Waals surface area (Å²) in [6, 6.07) is 8.97. The highest BCUT2D eigenvalue weighted by atomic mass is 16.5. The fourth-order valence-corrected chi connectivity index (χ4v) is 1.93. The topological polar surface area (TPSA) is 95.5 Å². The molecule has 116 valence electrons. The Kier molecular flexibility index (Phi) is 4.77. The molecule has 0 spiro atoms. The number of amides is 1. The molecule has 0 saturated heterocycles. The zero-order valence-corrected chi connectivity index (χ0v) is 12.4. The summed E-state index contributed by atoms with van der Waals surface area (Å²) < 4.78 is 5.15. The molecule has 0 aliphatic rings. The first-order valence-electron chi connectivity index (χ1n) is 6.68. The maximum Gasteiger partial charge on any atom is 0.305 e. The van der Waals surface area contributed by atoms with E-state index in [9.17, 15) is 9.59 Å². The number of rotatable bonds is 6. The molecule has 22 heavy (non-hydrogen) atoms. The fraction of sp³-hybridized carbons (Fsp3) is 0.267. The molecule has 1 aromatic heterocycles. The Hall–Kier alpha value is -2.83. The van der Waals surface area contributed by atoms with E-state index < -0.39 is 5.97 Å². The smallest absolute Gasteiger partial charge is 0.305 e. The van der Waals surface area contributed by atoms with Gasteiger partial charge in [-0.1, -0.05) is 12.1 Å². The first kappa shape index (κ1) is 15.6. The van der Waals surface area contributed by atoms with Crippen molar-refractivity contribution in [2.24, 2.45) is 0 Å². The van der Waals surface area contributed by atoms with Gasteiger partial charge in [0.25, 0.3) is 5.91 Å². The van der Waals surface area contributed by atoms with Crippen LogP contribution in [0.1, 0.15) is 16.9 Å². The molecular formula is C15H17N3O4. The largest absolute Gasteiger partial charge is 0.497 e. The lowest BCUT2D eigenvalue weighted by molar-refractivity contribution is -0.137. The van der Waals surface area contributed by atoms with Crippen LogP contribution in [0.2, 0.25) is 0 Å². The summed E-state index contributed by atoms with van der Waals surface area (Å²) in [5, 5.41) is 15.4. The van der Waals surface area contributed by atoms with Crippen LogP contribution in [-0.2, 0) is 4.79 Å². The van der Waals surface area contributed by atoms with Crippen molar-refractivity contribution in [1.82, 2.24) is 15.1 Å². The highest BCUT2D eigenvalue weighted by Crippen LogP contribution is 2.22. The second-order valence-corrected chi connectivity index (χ2v) is 4.77. The molecule has 7 nitrogen and oxygen atoms in total. The van der Waals surface area contributed by atoms with Crippen LogP contribution in [0.3, 0.4) is 0 Å². The minimum atomic E-state index is -0.943. The normalized spacial score (nSPS) is 10.3. The molecule has 0 aliphatic heterocycles. The molecule has 0 bridgehead atoms. The van der Waals surface area contributed by atoms with Gasteiger partial charge in [-0.05, 0) is 18.2 Å². The van der Waals surface area contributed by atoms with E-state index in [-0.39, 0.29) is 18.9 Å². The quantitative estimate of drug-likeness (QED) is 0.845. The second kappa shape index (κ2) is 6.75. The second-order valence-electron chi connectivity index (χ2n) is 4.77. The first-order valence-corrected chi connectivity index (χ1v) is 6.68. The van der Waals surface area contributed by atoms with Gasteiger partial charge in [0.1, 0.15) is 11.4 Å². The summed E-state index contributed by atoms with van der Waals surface area (Å²) in [6.45, 7) is 0.141. The van der Waals surface area contributed by atoms with E-state index in [1.165, 1.54) is 4.90 Å². The van der Waals surface area contributed by atoms with Crippen LogP contribution in [0, 0.1) is 0 Å². The molecule has 1 aromatic carbocycles. The summed E-state index contributed by atoms with van der Waals surface area (Å²) in [6.07, 6.45) is -0.0981. The van der Waals surface area contributed by atoms with Crippen molar-refractivity contribution >= 4 is 11.9 Å². The molecule has 2 aromatic rings. The number of hydrogen-bond acceptors (Lipinski definition) is 4. The Labute approximate surface area is 127 Å². The molecular weight excluding hydrogens is 286 g/mol. The van der Waals surface area contributed by atoms with Crippen LogP contribution in [0.15, 0.2) is 30.3 Å². The molecule has 0 radical (unpaired) electrons. The number of methoxy groups -OCH3 is 1. The van der Waals surface area contributed by atoms with Crippen molar-refractivity contribution in [2.75, 3.05) is 20.7 Å². The van der Waals surface area contributed by atoms with E-state index in [1.54, 1.807) is 20.2 Å². The van der Waals surface area contributed by atoms with Crippen LogP contribution in [0.25, 0.3) is 11.3 Å². The molecule has 0 fully saturated rings. The van der Waals surface area contributed by atoms with E-state index in [0.717, 1.165) is 5.56 Å². The van der Waals surface area contributed by atoms with Crippen LogP contribution < -0.4 is 4.74 Å². The van der Waals surface area contributed by atoms with Gasteiger partial charge in [-0.15, -0.1) is 0 Å². The maximum absolute atomic E-state index is 12.2. The van der Waals surface area contributed by atoms with Crippen LogP contribution >= 0.6 is 0 Å². The zero-order chi connectivity index (χ0) is 16.1. The Bertz CT molecular complexity index is 681. The monoisotopic (exact) mass is 303 g/mol. The van der Waals surface area contributed by atoms with E-state index in [4.69, 9.17) is 9.84 Å². The van der Waals surface area contributed by atoms with Crippen LogP contribution in [-0.4, -0.2) is 52.8 Å². The van der Waals surface area contributed by atoms with Gasteiger partial charge in [-0.3, -0.25) is 14.7 Å². The number of carboxylic acids is 1. The van der Waals surface area contributed by atoms with Gasteiger partial charge < -0.3 is 14.7 Å². The molecule has 0 saturated carbocycles. The van der Waals surface area contributed by atoms with Gasteiger partial charge in [0, 0.05) is 19.2 Å². The lowest BCUT2D eigenvalue weighted by Crippen LogP contribution is -2.29. The molecule has 1 amide bonds. The Morgan fingerprint density at radius 1 is 1.36 bits per heavy atom. The Morgan fingerprint density at radius 2 is 2.14 bits per heavy atom. The fourth-order valence-electron chi connectivity index (χ4n) is 1.93. The third kappa shape index (κ3) is 3.63. The number of carboxylic acid groups (broad SMARTS) is 1. The van der Waals surface area contributed by atoms with Crippen molar-refractivity contribution in [1.29, 1.82) is 0 Å². The summed E-state index contributed by atoms with van der Waals surface area (Å²) in [5.74, 6) is -0.545. The summed E-state index contributed by atoms with van der Waals surface area (Å²) in [5.41, 5.74) is 1.75. The molecule has 0 atom stereocenters. The van der Waals surface area contributed by atoms with Crippen molar-refractivity contribution in [3.8, 4) is 17.0 Å². The molecule has 0 aliphatic carbocycles. The predicted molar refractivity (Wildman–Crippen MR) is 79.8 cm³/mol.